The molecule has 1 fully saturated rings. The van der Waals surface area contributed by atoms with Crippen molar-refractivity contribution in [2.24, 2.45) is 5.92 Å². The molecule has 0 aliphatic carbocycles. The molecule has 1 heterocycles. The fourth-order valence-corrected chi connectivity index (χ4v) is 1.91. The van der Waals surface area contributed by atoms with Gasteiger partial charge >= 0.3 is 5.97 Å². The molecule has 5 heteroatoms. The van der Waals surface area contributed by atoms with Crippen LogP contribution >= 0.6 is 0 Å². The molecule has 17 heavy (non-hydrogen) atoms. The second-order valence-corrected chi connectivity index (χ2v) is 4.94. The topological polar surface area (TPSA) is 55.8 Å². The summed E-state index contributed by atoms with van der Waals surface area (Å²) >= 11 is 0. The lowest BCUT2D eigenvalue weighted by Crippen LogP contribution is -2.45. The van der Waals surface area contributed by atoms with E-state index < -0.39 is 5.97 Å². The molecule has 0 radical (unpaired) electrons. The Morgan fingerprint density at radius 2 is 2.00 bits per heavy atom. The van der Waals surface area contributed by atoms with Gasteiger partial charge in [0.2, 0.25) is 0 Å². The molecule has 1 saturated heterocycles. The zero-order valence-corrected chi connectivity index (χ0v) is 11.0. The standard InChI is InChI=1S/C12H25N3O2/c1-11(12(16)17)10-13-4-3-5-15-8-6-14(2)7-9-15/h11,13H,3-10H2,1-2H3,(H,16,17). The predicted octanol–water partition coefficient (Wildman–Crippen LogP) is -0.0658. The van der Waals surface area contributed by atoms with Crippen molar-refractivity contribution in [2.45, 2.75) is 13.3 Å². The number of carboxylic acids is 1. The summed E-state index contributed by atoms with van der Waals surface area (Å²) in [6, 6.07) is 0. The molecular formula is C12H25N3O2. The Morgan fingerprint density at radius 1 is 1.35 bits per heavy atom. The molecule has 0 aromatic heterocycles. The van der Waals surface area contributed by atoms with E-state index in [-0.39, 0.29) is 5.92 Å². The van der Waals surface area contributed by atoms with Gasteiger partial charge in [-0.25, -0.2) is 0 Å². The summed E-state index contributed by atoms with van der Waals surface area (Å²) < 4.78 is 0. The SMILES string of the molecule is CC(CNCCCN1CCN(C)CC1)C(=O)O. The molecule has 1 aliphatic rings. The molecular weight excluding hydrogens is 218 g/mol. The quantitative estimate of drug-likeness (QED) is 0.613. The van der Waals surface area contributed by atoms with Gasteiger partial charge in [-0.3, -0.25) is 4.79 Å². The lowest BCUT2D eigenvalue weighted by Gasteiger charge is -2.32. The minimum atomic E-state index is -0.725. The van der Waals surface area contributed by atoms with Crippen LogP contribution in [0.4, 0.5) is 0 Å². The van der Waals surface area contributed by atoms with Gasteiger partial charge in [-0.15, -0.1) is 0 Å². The van der Waals surface area contributed by atoms with Gasteiger partial charge in [-0.2, -0.15) is 0 Å². The fraction of sp³-hybridized carbons (Fsp3) is 0.917. The van der Waals surface area contributed by atoms with Crippen LogP contribution in [0.3, 0.4) is 0 Å². The van der Waals surface area contributed by atoms with E-state index in [9.17, 15) is 4.79 Å². The highest BCUT2D eigenvalue weighted by molar-refractivity contribution is 5.69. The van der Waals surface area contributed by atoms with Gasteiger partial charge in [-0.05, 0) is 26.6 Å². The molecule has 0 saturated carbocycles. The maximum atomic E-state index is 10.6. The molecule has 0 aromatic carbocycles. The fourth-order valence-electron chi connectivity index (χ4n) is 1.91. The van der Waals surface area contributed by atoms with Crippen molar-refractivity contribution in [1.82, 2.24) is 15.1 Å². The highest BCUT2D eigenvalue weighted by Crippen LogP contribution is 1.99. The third kappa shape index (κ3) is 6.00. The first kappa shape index (κ1) is 14.4. The van der Waals surface area contributed by atoms with Gasteiger partial charge in [0.25, 0.3) is 0 Å². The molecule has 0 amide bonds. The van der Waals surface area contributed by atoms with Crippen LogP contribution in [0.2, 0.25) is 0 Å². The van der Waals surface area contributed by atoms with Crippen LogP contribution in [0, 0.1) is 5.92 Å². The first-order valence-corrected chi connectivity index (χ1v) is 6.44. The molecule has 1 atom stereocenters. The molecule has 1 aliphatic heterocycles. The Bertz CT molecular complexity index is 228. The Hall–Kier alpha value is -0.650. The van der Waals surface area contributed by atoms with Gasteiger partial charge in [0, 0.05) is 32.7 Å². The molecule has 0 bridgehead atoms. The Kier molecular flexibility index (Phi) is 6.47. The van der Waals surface area contributed by atoms with E-state index in [4.69, 9.17) is 5.11 Å². The lowest BCUT2D eigenvalue weighted by molar-refractivity contribution is -0.140. The monoisotopic (exact) mass is 243 g/mol. The molecule has 1 unspecified atom stereocenters. The van der Waals surface area contributed by atoms with Crippen molar-refractivity contribution >= 4 is 5.97 Å². The predicted molar refractivity (Wildman–Crippen MR) is 68.2 cm³/mol. The number of hydrogen-bond acceptors (Lipinski definition) is 4. The first-order chi connectivity index (χ1) is 8.09. The van der Waals surface area contributed by atoms with Gasteiger partial charge in [0.05, 0.1) is 5.92 Å². The number of nitrogens with one attached hydrogen (secondary N) is 1. The minimum Gasteiger partial charge on any atom is -0.481 e. The Morgan fingerprint density at radius 3 is 2.59 bits per heavy atom. The third-order valence-corrected chi connectivity index (χ3v) is 3.30. The largest absolute Gasteiger partial charge is 0.481 e. The summed E-state index contributed by atoms with van der Waals surface area (Å²) in [6.45, 7) is 8.94. The van der Waals surface area contributed by atoms with Crippen LogP contribution in [-0.2, 0) is 4.79 Å². The maximum absolute atomic E-state index is 10.6. The van der Waals surface area contributed by atoms with Gasteiger partial charge in [0.1, 0.15) is 0 Å². The first-order valence-electron chi connectivity index (χ1n) is 6.44. The summed E-state index contributed by atoms with van der Waals surface area (Å²) in [7, 11) is 2.16. The molecule has 2 N–H and O–H groups in total. The van der Waals surface area contributed by atoms with Crippen molar-refractivity contribution in [3.63, 3.8) is 0 Å². The number of nitrogens with zero attached hydrogens (tertiary/aromatic N) is 2. The Balaban J connectivity index is 1.95. The van der Waals surface area contributed by atoms with E-state index in [2.05, 4.69) is 22.2 Å². The summed E-state index contributed by atoms with van der Waals surface area (Å²) in [4.78, 5) is 15.4. The minimum absolute atomic E-state index is 0.293. The van der Waals surface area contributed by atoms with E-state index in [1.54, 1.807) is 6.92 Å². The van der Waals surface area contributed by atoms with E-state index >= 15 is 0 Å². The molecule has 0 spiro atoms. The van der Waals surface area contributed by atoms with Crippen LogP contribution in [0.1, 0.15) is 13.3 Å². The van der Waals surface area contributed by atoms with Crippen molar-refractivity contribution < 1.29 is 9.90 Å². The van der Waals surface area contributed by atoms with E-state index in [0.717, 1.165) is 45.7 Å². The number of aliphatic carboxylic acids is 1. The van der Waals surface area contributed by atoms with Gasteiger partial charge < -0.3 is 20.2 Å². The average Bonchev–Trinajstić information content (AvgIpc) is 2.30. The molecule has 1 rings (SSSR count). The number of likely N-dealkylation sites (N-methyl/N-ethyl adjacent to an activating group) is 1. The summed E-state index contributed by atoms with van der Waals surface area (Å²) in [5.41, 5.74) is 0. The average molecular weight is 243 g/mol. The van der Waals surface area contributed by atoms with Crippen molar-refractivity contribution in [1.29, 1.82) is 0 Å². The van der Waals surface area contributed by atoms with Crippen LogP contribution in [-0.4, -0.2) is 73.7 Å². The number of carbonyl (C=O) groups is 1. The molecule has 100 valence electrons. The van der Waals surface area contributed by atoms with Crippen LogP contribution in [0.5, 0.6) is 0 Å². The normalized spacial score (nSPS) is 20.4. The Labute approximate surface area is 104 Å². The summed E-state index contributed by atoms with van der Waals surface area (Å²) in [6.07, 6.45) is 1.09. The smallest absolute Gasteiger partial charge is 0.307 e. The molecule has 5 nitrogen and oxygen atoms in total. The summed E-state index contributed by atoms with van der Waals surface area (Å²) in [5, 5.41) is 11.9. The molecule has 0 aromatic rings. The van der Waals surface area contributed by atoms with Crippen LogP contribution in [0.15, 0.2) is 0 Å². The highest BCUT2D eigenvalue weighted by Gasteiger charge is 2.13. The number of rotatable bonds is 7. The van der Waals surface area contributed by atoms with Crippen molar-refractivity contribution in [2.75, 3.05) is 52.9 Å². The van der Waals surface area contributed by atoms with E-state index in [1.807, 2.05) is 0 Å². The van der Waals surface area contributed by atoms with E-state index in [0.29, 0.717) is 6.54 Å². The number of hydrogen-bond donors (Lipinski definition) is 2. The summed E-state index contributed by atoms with van der Waals surface area (Å²) in [5.74, 6) is -1.02. The van der Waals surface area contributed by atoms with E-state index in [1.165, 1.54) is 0 Å². The van der Waals surface area contributed by atoms with Crippen LogP contribution in [0.25, 0.3) is 0 Å². The van der Waals surface area contributed by atoms with Crippen LogP contribution < -0.4 is 5.32 Å². The zero-order valence-electron chi connectivity index (χ0n) is 11.0. The second-order valence-electron chi connectivity index (χ2n) is 4.94. The zero-order chi connectivity index (χ0) is 12.7. The number of carboxylic acid groups (broad SMARTS) is 1. The van der Waals surface area contributed by atoms with Crippen molar-refractivity contribution in [3.05, 3.63) is 0 Å². The number of piperazine rings is 1. The van der Waals surface area contributed by atoms with Crippen molar-refractivity contribution in [3.8, 4) is 0 Å². The highest BCUT2D eigenvalue weighted by atomic mass is 16.4. The maximum Gasteiger partial charge on any atom is 0.307 e. The van der Waals surface area contributed by atoms with Gasteiger partial charge in [0.15, 0.2) is 0 Å². The second kappa shape index (κ2) is 7.63. The lowest BCUT2D eigenvalue weighted by atomic mass is 10.2. The third-order valence-electron chi connectivity index (χ3n) is 3.30. The van der Waals surface area contributed by atoms with Gasteiger partial charge in [-0.1, -0.05) is 6.92 Å².